The van der Waals surface area contributed by atoms with Crippen LogP contribution in [0.4, 0.5) is 8.78 Å². The third kappa shape index (κ3) is 20.5. The number of fused-ring (bicyclic) bond motifs is 1. The zero-order chi connectivity index (χ0) is 40.7. The summed E-state index contributed by atoms with van der Waals surface area (Å²) in [6.07, 6.45) is 1.60. The molecule has 0 bridgehead atoms. The van der Waals surface area contributed by atoms with Crippen molar-refractivity contribution in [3.05, 3.63) is 65.4 Å². The van der Waals surface area contributed by atoms with E-state index >= 15 is 0 Å². The van der Waals surface area contributed by atoms with Gasteiger partial charge in [-0.05, 0) is 110 Å². The first kappa shape index (κ1) is 48.3. The summed E-state index contributed by atoms with van der Waals surface area (Å²) in [7, 11) is -2.94. The number of para-hydroxylation sites is 2. The molecule has 8 nitrogen and oxygen atoms in total. The number of aromatic nitrogens is 2. The van der Waals surface area contributed by atoms with Gasteiger partial charge in [0.15, 0.2) is 0 Å². The molecule has 3 aromatic rings. The van der Waals surface area contributed by atoms with Crippen LogP contribution >= 0.6 is 0 Å². The molecule has 0 radical (unpaired) electrons. The average molecular weight is 766 g/mol. The van der Waals surface area contributed by atoms with E-state index in [2.05, 4.69) is 80.5 Å². The van der Waals surface area contributed by atoms with Crippen LogP contribution in [0, 0.1) is 0 Å². The Morgan fingerprint density at radius 1 is 0.736 bits per heavy atom. The Hall–Kier alpha value is -2.73. The van der Waals surface area contributed by atoms with Crippen molar-refractivity contribution in [3.8, 4) is 5.88 Å². The third-order valence-corrected chi connectivity index (χ3v) is 9.56. The molecule has 1 fully saturated rings. The van der Waals surface area contributed by atoms with E-state index in [0.717, 1.165) is 29.6 Å². The van der Waals surface area contributed by atoms with E-state index < -0.39 is 34.8 Å². The van der Waals surface area contributed by atoms with Crippen LogP contribution in [-0.2, 0) is 19.5 Å². The lowest BCUT2D eigenvalue weighted by Gasteiger charge is -2.24. The van der Waals surface area contributed by atoms with Crippen LogP contribution in [0.2, 0.25) is 0 Å². The summed E-state index contributed by atoms with van der Waals surface area (Å²) < 4.78 is 66.4. The fraction of sp³-hybridized carbons (Fsp3) is 0.667. The van der Waals surface area contributed by atoms with Gasteiger partial charge in [0.1, 0.15) is 18.9 Å². The van der Waals surface area contributed by atoms with Gasteiger partial charge in [-0.3, -0.25) is 0 Å². The van der Waals surface area contributed by atoms with Crippen molar-refractivity contribution in [1.29, 1.82) is 0 Å². The summed E-state index contributed by atoms with van der Waals surface area (Å²) in [6.45, 7) is 28.3. The molecule has 0 atom stereocenters. The van der Waals surface area contributed by atoms with Crippen molar-refractivity contribution in [2.45, 2.75) is 169 Å². The van der Waals surface area contributed by atoms with Crippen LogP contribution in [0.1, 0.15) is 151 Å². The zero-order valence-electron chi connectivity index (χ0n) is 35.1. The lowest BCUT2D eigenvalue weighted by atomic mass is 9.96. The molecule has 2 aromatic carbocycles. The highest BCUT2D eigenvalue weighted by atomic mass is 32.2. The van der Waals surface area contributed by atoms with Crippen molar-refractivity contribution in [2.75, 3.05) is 13.2 Å². The molecule has 1 heterocycles. The lowest BCUT2D eigenvalue weighted by molar-refractivity contribution is -0.158. The van der Waals surface area contributed by atoms with Gasteiger partial charge in [-0.1, -0.05) is 77.9 Å². The number of halogens is 2. The lowest BCUT2D eigenvalue weighted by Crippen LogP contribution is -2.35. The molecular weight excluding hydrogens is 697 g/mol. The smallest absolute Gasteiger partial charge is 0.293 e. The highest BCUT2D eigenvalue weighted by Crippen LogP contribution is 2.28. The van der Waals surface area contributed by atoms with Gasteiger partial charge in [0.05, 0.1) is 34.1 Å². The number of hydrogen-bond donors (Lipinski definition) is 1. The molecule has 0 unspecified atom stereocenters. The first-order chi connectivity index (χ1) is 24.3. The predicted octanol–water partition coefficient (Wildman–Crippen LogP) is 10.8. The number of benzene rings is 2. The molecule has 0 spiro atoms. The van der Waals surface area contributed by atoms with E-state index in [4.69, 9.17) is 14.2 Å². The normalized spacial score (nSPS) is 13.6. The maximum Gasteiger partial charge on any atom is 0.293 e. The van der Waals surface area contributed by atoms with Crippen LogP contribution in [0.5, 0.6) is 5.88 Å². The fourth-order valence-electron chi connectivity index (χ4n) is 4.42. The second-order valence-corrected chi connectivity index (χ2v) is 18.3. The first-order valence-corrected chi connectivity index (χ1v) is 20.6. The van der Waals surface area contributed by atoms with E-state index in [1.807, 2.05) is 52.0 Å². The minimum atomic E-state index is -2.94. The summed E-state index contributed by atoms with van der Waals surface area (Å²) in [4.78, 5) is 9.19. The maximum atomic E-state index is 13.1. The minimum absolute atomic E-state index is 0.0330. The summed E-state index contributed by atoms with van der Waals surface area (Å²) >= 11 is 0. The van der Waals surface area contributed by atoms with Crippen LogP contribution < -0.4 is 9.46 Å². The molecule has 302 valence electrons. The molecule has 11 heteroatoms. The van der Waals surface area contributed by atoms with Crippen LogP contribution in [-0.4, -0.2) is 66.6 Å². The van der Waals surface area contributed by atoms with Crippen molar-refractivity contribution < 1.29 is 31.4 Å². The Kier molecular flexibility index (Phi) is 20.0. The van der Waals surface area contributed by atoms with E-state index in [1.165, 1.54) is 11.1 Å². The quantitative estimate of drug-likeness (QED) is 0.185. The standard InChI is InChI=1S/C14H18N2O.C12H18.C10H20F2O2.C6H13NO2S/c1-9(2)13-14(17-10(3)4)16-12-8-6-5-7-11(12)15-13;1-9(2)11-6-5-7-12(8-11)10(3)4;1-8(2)13-6-10(11,12)7-14-9(3,4)5;1-5(2)7-10(8,9)6-3-4-6/h5-10H,1-4H3;5-10H,1-4H3;8H,6-7H2,1-5H3;5-7H,3-4H2,1-2H3. The highest BCUT2D eigenvalue weighted by Gasteiger charge is 2.35. The van der Waals surface area contributed by atoms with Gasteiger partial charge in [0.2, 0.25) is 15.9 Å². The van der Waals surface area contributed by atoms with Crippen LogP contribution in [0.3, 0.4) is 0 Å². The van der Waals surface area contributed by atoms with Crippen molar-refractivity contribution in [1.82, 2.24) is 14.7 Å². The average Bonchev–Trinajstić information content (AvgIpc) is 3.89. The van der Waals surface area contributed by atoms with Crippen molar-refractivity contribution in [3.63, 3.8) is 0 Å². The predicted molar refractivity (Wildman–Crippen MR) is 216 cm³/mol. The molecule has 1 saturated carbocycles. The Balaban J connectivity index is 0.000000360. The Morgan fingerprint density at radius 3 is 1.64 bits per heavy atom. The second kappa shape index (κ2) is 22.0. The summed E-state index contributed by atoms with van der Waals surface area (Å²) in [5, 5.41) is -0.0881. The van der Waals surface area contributed by atoms with Gasteiger partial charge in [-0.2, -0.15) is 0 Å². The summed E-state index contributed by atoms with van der Waals surface area (Å²) in [5.74, 6) is -0.653. The molecule has 1 aromatic heterocycles. The largest absolute Gasteiger partial charge is 0.474 e. The van der Waals surface area contributed by atoms with Crippen LogP contribution in [0.25, 0.3) is 11.0 Å². The van der Waals surface area contributed by atoms with Gasteiger partial charge in [0, 0.05) is 12.0 Å². The monoisotopic (exact) mass is 765 g/mol. The Morgan fingerprint density at radius 2 is 1.25 bits per heavy atom. The van der Waals surface area contributed by atoms with E-state index in [-0.39, 0.29) is 23.5 Å². The summed E-state index contributed by atoms with van der Waals surface area (Å²) in [5.41, 5.74) is 5.08. The Bertz CT molecular complexity index is 1580. The highest BCUT2D eigenvalue weighted by molar-refractivity contribution is 7.90. The van der Waals surface area contributed by atoms with Gasteiger partial charge >= 0.3 is 0 Å². The number of nitrogens with zero attached hydrogens (tertiary/aromatic N) is 2. The number of nitrogens with one attached hydrogen (secondary N) is 1. The van der Waals surface area contributed by atoms with E-state index in [0.29, 0.717) is 23.6 Å². The van der Waals surface area contributed by atoms with Gasteiger partial charge in [-0.15, -0.1) is 0 Å². The number of alkyl halides is 2. The summed E-state index contributed by atoms with van der Waals surface area (Å²) in [6, 6.07) is 16.8. The van der Waals surface area contributed by atoms with E-state index in [9.17, 15) is 17.2 Å². The van der Waals surface area contributed by atoms with Gasteiger partial charge < -0.3 is 14.2 Å². The molecule has 0 amide bonds. The topological polar surface area (TPSA) is 99.6 Å². The molecule has 1 aliphatic carbocycles. The number of rotatable bonds is 13. The number of sulfonamides is 1. The SMILES string of the molecule is CC(C)NS(=O)(=O)C1CC1.CC(C)OCC(F)(F)COC(C)(C)C.CC(C)Oc1nc2ccccc2nc1C(C)C.CC(C)c1cccc(C(C)C)c1. The van der Waals surface area contributed by atoms with Gasteiger partial charge in [-0.25, -0.2) is 31.9 Å². The molecule has 0 aliphatic heterocycles. The third-order valence-electron chi connectivity index (χ3n) is 7.41. The zero-order valence-corrected chi connectivity index (χ0v) is 35.9. The van der Waals surface area contributed by atoms with Gasteiger partial charge in [0.25, 0.3) is 5.92 Å². The molecule has 1 aliphatic rings. The van der Waals surface area contributed by atoms with E-state index in [1.54, 1.807) is 34.6 Å². The fourth-order valence-corrected chi connectivity index (χ4v) is 6.02. The second-order valence-electron chi connectivity index (χ2n) is 16.3. The van der Waals surface area contributed by atoms with Crippen molar-refractivity contribution in [2.24, 2.45) is 0 Å². The Labute approximate surface area is 320 Å². The molecule has 4 rings (SSSR count). The minimum Gasteiger partial charge on any atom is -0.474 e. The van der Waals surface area contributed by atoms with Crippen molar-refractivity contribution >= 4 is 21.1 Å². The number of hydrogen-bond acceptors (Lipinski definition) is 7. The molecule has 1 N–H and O–H groups in total. The molecule has 0 saturated heterocycles. The molecule has 53 heavy (non-hydrogen) atoms. The maximum absolute atomic E-state index is 13.1. The van der Waals surface area contributed by atoms with Crippen LogP contribution in [0.15, 0.2) is 48.5 Å². The molecular formula is C42H69F2N3O5S. The number of ether oxygens (including phenoxy) is 3. The first-order valence-electron chi connectivity index (χ1n) is 19.0.